The van der Waals surface area contributed by atoms with E-state index in [0.29, 0.717) is 25.1 Å². The van der Waals surface area contributed by atoms with E-state index in [4.69, 9.17) is 5.11 Å². The number of nitrogens with zero attached hydrogens (tertiary/aromatic N) is 1. The summed E-state index contributed by atoms with van der Waals surface area (Å²) in [6.07, 6.45) is -3.69. The Balaban J connectivity index is 1.56. The van der Waals surface area contributed by atoms with Gasteiger partial charge in [0.05, 0.1) is 23.2 Å². The van der Waals surface area contributed by atoms with Gasteiger partial charge < -0.3 is 10.4 Å². The monoisotopic (exact) mass is 406 g/mol. The summed E-state index contributed by atoms with van der Waals surface area (Å²) in [5.74, 6) is -1.17. The number of hydrogen-bond acceptors (Lipinski definition) is 3. The van der Waals surface area contributed by atoms with E-state index in [1.165, 1.54) is 24.3 Å². The quantitative estimate of drug-likeness (QED) is 0.765. The highest BCUT2D eigenvalue weighted by molar-refractivity contribution is 5.87. The molecule has 154 valence electrons. The zero-order chi connectivity index (χ0) is 21.2. The van der Waals surface area contributed by atoms with Crippen molar-refractivity contribution in [2.75, 3.05) is 6.54 Å². The number of rotatable bonds is 6. The Morgan fingerprint density at radius 3 is 2.24 bits per heavy atom. The van der Waals surface area contributed by atoms with Gasteiger partial charge in [0.2, 0.25) is 5.91 Å². The van der Waals surface area contributed by atoms with Crippen LogP contribution in [0.2, 0.25) is 0 Å². The second-order valence-electron chi connectivity index (χ2n) is 7.13. The molecule has 0 aromatic heterocycles. The highest BCUT2D eigenvalue weighted by Gasteiger charge is 2.35. The molecule has 1 aliphatic heterocycles. The van der Waals surface area contributed by atoms with Crippen molar-refractivity contribution in [1.82, 2.24) is 10.2 Å². The summed E-state index contributed by atoms with van der Waals surface area (Å²) in [6.45, 7) is 2.91. The first-order valence-corrected chi connectivity index (χ1v) is 9.19. The SMILES string of the molecule is CC(NC(=O)C1CCN1Cc1ccc(C(F)(F)F)cc1)c1ccc(C(=O)O)cc1. The molecule has 1 amide bonds. The smallest absolute Gasteiger partial charge is 0.416 e. The fourth-order valence-corrected chi connectivity index (χ4v) is 3.27. The number of nitrogens with one attached hydrogen (secondary N) is 1. The first-order chi connectivity index (χ1) is 13.6. The molecular formula is C21H21F3N2O3. The van der Waals surface area contributed by atoms with Gasteiger partial charge >= 0.3 is 12.1 Å². The van der Waals surface area contributed by atoms with Crippen LogP contribution in [0.3, 0.4) is 0 Å². The minimum Gasteiger partial charge on any atom is -0.478 e. The lowest BCUT2D eigenvalue weighted by atomic mass is 9.99. The molecule has 0 bridgehead atoms. The lowest BCUT2D eigenvalue weighted by Gasteiger charge is -2.40. The van der Waals surface area contributed by atoms with Crippen molar-refractivity contribution in [3.05, 3.63) is 70.8 Å². The van der Waals surface area contributed by atoms with Crippen molar-refractivity contribution in [3.63, 3.8) is 0 Å². The Morgan fingerprint density at radius 2 is 1.76 bits per heavy atom. The van der Waals surface area contributed by atoms with Crippen LogP contribution >= 0.6 is 0 Å². The number of aromatic carboxylic acids is 1. The van der Waals surface area contributed by atoms with E-state index in [1.807, 2.05) is 11.8 Å². The van der Waals surface area contributed by atoms with Gasteiger partial charge in [-0.05, 0) is 48.7 Å². The standard InChI is InChI=1S/C21H21F3N2O3/c1-13(15-4-6-16(7-5-15)20(28)29)25-19(27)18-10-11-26(18)12-14-2-8-17(9-3-14)21(22,23)24/h2-9,13,18H,10-12H2,1H3,(H,25,27)(H,28,29). The molecule has 0 saturated carbocycles. The Kier molecular flexibility index (Phi) is 5.93. The second-order valence-corrected chi connectivity index (χ2v) is 7.13. The molecule has 1 fully saturated rings. The number of carbonyl (C=O) groups is 2. The Hall–Kier alpha value is -2.87. The summed E-state index contributed by atoms with van der Waals surface area (Å²) < 4.78 is 38.0. The van der Waals surface area contributed by atoms with Crippen LogP contribution in [-0.4, -0.2) is 34.5 Å². The van der Waals surface area contributed by atoms with Crippen LogP contribution in [0.25, 0.3) is 0 Å². The number of likely N-dealkylation sites (tertiary alicyclic amines) is 1. The lowest BCUT2D eigenvalue weighted by Crippen LogP contribution is -2.55. The van der Waals surface area contributed by atoms with Gasteiger partial charge in [-0.1, -0.05) is 24.3 Å². The average Bonchev–Trinajstić information content (AvgIpc) is 2.64. The predicted octanol–water partition coefficient (Wildman–Crippen LogP) is 3.86. The van der Waals surface area contributed by atoms with Crippen LogP contribution in [0.5, 0.6) is 0 Å². The molecule has 2 N–H and O–H groups in total. The third-order valence-corrected chi connectivity index (χ3v) is 5.12. The van der Waals surface area contributed by atoms with Gasteiger partial charge in [-0.3, -0.25) is 9.69 Å². The number of amides is 1. The molecule has 29 heavy (non-hydrogen) atoms. The van der Waals surface area contributed by atoms with Crippen molar-refractivity contribution in [1.29, 1.82) is 0 Å². The van der Waals surface area contributed by atoms with Gasteiger partial charge in [-0.2, -0.15) is 13.2 Å². The number of carboxylic acid groups (broad SMARTS) is 1. The number of benzene rings is 2. The first kappa shape index (κ1) is 20.9. The molecule has 8 heteroatoms. The van der Waals surface area contributed by atoms with E-state index in [1.54, 1.807) is 12.1 Å². The zero-order valence-corrected chi connectivity index (χ0v) is 15.7. The van der Waals surface area contributed by atoms with Gasteiger partial charge in [-0.25, -0.2) is 4.79 Å². The largest absolute Gasteiger partial charge is 0.478 e. The zero-order valence-electron chi connectivity index (χ0n) is 15.7. The maximum Gasteiger partial charge on any atom is 0.416 e. The average molecular weight is 406 g/mol. The van der Waals surface area contributed by atoms with Crippen molar-refractivity contribution in [2.24, 2.45) is 0 Å². The van der Waals surface area contributed by atoms with Crippen LogP contribution in [0, 0.1) is 0 Å². The topological polar surface area (TPSA) is 69.6 Å². The van der Waals surface area contributed by atoms with Gasteiger partial charge in [0.15, 0.2) is 0 Å². The molecule has 0 aliphatic carbocycles. The molecule has 3 rings (SSSR count). The minimum atomic E-state index is -4.36. The third-order valence-electron chi connectivity index (χ3n) is 5.12. The van der Waals surface area contributed by atoms with E-state index < -0.39 is 17.7 Å². The molecule has 2 aromatic carbocycles. The number of alkyl halides is 3. The summed E-state index contributed by atoms with van der Waals surface area (Å²) in [6, 6.07) is 10.6. The summed E-state index contributed by atoms with van der Waals surface area (Å²) in [5.41, 5.74) is 0.987. The second kappa shape index (κ2) is 8.24. The van der Waals surface area contributed by atoms with E-state index in [-0.39, 0.29) is 23.6 Å². The number of carboxylic acids is 1. The molecular weight excluding hydrogens is 385 g/mol. The molecule has 2 atom stereocenters. The van der Waals surface area contributed by atoms with Crippen molar-refractivity contribution < 1.29 is 27.9 Å². The van der Waals surface area contributed by atoms with Crippen molar-refractivity contribution in [3.8, 4) is 0 Å². The fraction of sp³-hybridized carbons (Fsp3) is 0.333. The first-order valence-electron chi connectivity index (χ1n) is 9.19. The third kappa shape index (κ3) is 4.95. The maximum atomic E-state index is 12.7. The summed E-state index contributed by atoms with van der Waals surface area (Å²) in [5, 5.41) is 11.9. The molecule has 1 saturated heterocycles. The van der Waals surface area contributed by atoms with Crippen LogP contribution < -0.4 is 5.32 Å². The van der Waals surface area contributed by atoms with Crippen LogP contribution in [-0.2, 0) is 17.5 Å². The maximum absolute atomic E-state index is 12.7. The van der Waals surface area contributed by atoms with Gasteiger partial charge in [0.25, 0.3) is 0 Å². The summed E-state index contributed by atoms with van der Waals surface area (Å²) in [7, 11) is 0. The minimum absolute atomic E-state index is 0.155. The number of carbonyl (C=O) groups excluding carboxylic acids is 1. The predicted molar refractivity (Wildman–Crippen MR) is 100 cm³/mol. The van der Waals surface area contributed by atoms with Crippen LogP contribution in [0.4, 0.5) is 13.2 Å². The molecule has 0 radical (unpaired) electrons. The van der Waals surface area contributed by atoms with E-state index in [0.717, 1.165) is 17.7 Å². The molecule has 0 spiro atoms. The molecule has 1 heterocycles. The molecule has 2 unspecified atom stereocenters. The van der Waals surface area contributed by atoms with Crippen molar-refractivity contribution in [2.45, 2.75) is 38.1 Å². The van der Waals surface area contributed by atoms with E-state index >= 15 is 0 Å². The fourth-order valence-electron chi connectivity index (χ4n) is 3.27. The van der Waals surface area contributed by atoms with Crippen LogP contribution in [0.15, 0.2) is 48.5 Å². The highest BCUT2D eigenvalue weighted by Crippen LogP contribution is 2.30. The lowest BCUT2D eigenvalue weighted by molar-refractivity contribution is -0.137. The van der Waals surface area contributed by atoms with E-state index in [2.05, 4.69) is 5.32 Å². The van der Waals surface area contributed by atoms with Gasteiger partial charge in [-0.15, -0.1) is 0 Å². The summed E-state index contributed by atoms with van der Waals surface area (Å²) >= 11 is 0. The molecule has 5 nitrogen and oxygen atoms in total. The Labute approximate surface area is 166 Å². The van der Waals surface area contributed by atoms with Gasteiger partial charge in [0, 0.05) is 13.1 Å². The normalized spacial score (nSPS) is 18.0. The van der Waals surface area contributed by atoms with Gasteiger partial charge in [0.1, 0.15) is 0 Å². The van der Waals surface area contributed by atoms with Crippen LogP contribution in [0.1, 0.15) is 46.4 Å². The number of hydrogen-bond donors (Lipinski definition) is 2. The van der Waals surface area contributed by atoms with E-state index in [9.17, 15) is 22.8 Å². The summed E-state index contributed by atoms with van der Waals surface area (Å²) in [4.78, 5) is 25.4. The highest BCUT2D eigenvalue weighted by atomic mass is 19.4. The number of halogens is 3. The Bertz CT molecular complexity index is 880. The Morgan fingerprint density at radius 1 is 1.14 bits per heavy atom. The molecule has 1 aliphatic rings. The van der Waals surface area contributed by atoms with Crippen molar-refractivity contribution >= 4 is 11.9 Å². The molecule has 2 aromatic rings.